The predicted octanol–water partition coefficient (Wildman–Crippen LogP) is 1.19. The number of carboxylic acid groups (broad SMARTS) is 1. The van der Waals surface area contributed by atoms with Gasteiger partial charge in [-0.25, -0.2) is 4.79 Å². The molecule has 1 fully saturated rings. The highest BCUT2D eigenvalue weighted by molar-refractivity contribution is 5.74. The summed E-state index contributed by atoms with van der Waals surface area (Å²) in [5.41, 5.74) is 0. The fourth-order valence-electron chi connectivity index (χ4n) is 2.43. The molecule has 1 aliphatic heterocycles. The molecule has 0 bridgehead atoms. The van der Waals surface area contributed by atoms with E-state index < -0.39 is 5.97 Å². The van der Waals surface area contributed by atoms with Crippen LogP contribution < -0.4 is 5.32 Å². The van der Waals surface area contributed by atoms with Gasteiger partial charge in [-0.15, -0.1) is 0 Å². The number of carboxylic acids is 1. The summed E-state index contributed by atoms with van der Waals surface area (Å²) in [4.78, 5) is 24.1. The number of nitrogens with one attached hydrogen (secondary N) is 1. The first kappa shape index (κ1) is 15.8. The van der Waals surface area contributed by atoms with Crippen LogP contribution in [0.4, 0.5) is 4.79 Å². The summed E-state index contributed by atoms with van der Waals surface area (Å²) in [5, 5.41) is 20.2. The van der Waals surface area contributed by atoms with Crippen molar-refractivity contribution in [2.75, 3.05) is 19.7 Å². The molecule has 6 heteroatoms. The lowest BCUT2D eigenvalue weighted by Crippen LogP contribution is -2.43. The monoisotopic (exact) mass is 272 g/mol. The lowest BCUT2D eigenvalue weighted by molar-refractivity contribution is -0.137. The second-order valence-corrected chi connectivity index (χ2v) is 4.94. The van der Waals surface area contributed by atoms with Gasteiger partial charge in [0.25, 0.3) is 0 Å². The molecule has 0 aromatic carbocycles. The Balaban J connectivity index is 2.18. The summed E-state index contributed by atoms with van der Waals surface area (Å²) in [6.45, 7) is 1.47. The standard InChI is InChI=1S/C13H24N2O4/c16-10-4-6-11-5-3-9-15(11)13(19)14-8-2-1-7-12(17)18/h11,16H,1-10H2,(H,14,19)(H,17,18). The molecule has 1 heterocycles. The SMILES string of the molecule is O=C(O)CCCCNC(=O)N1CCCC1CCCO. The average Bonchev–Trinajstić information content (AvgIpc) is 2.83. The molecule has 0 aliphatic carbocycles. The Morgan fingerprint density at radius 1 is 1.26 bits per heavy atom. The highest BCUT2D eigenvalue weighted by Crippen LogP contribution is 2.21. The van der Waals surface area contributed by atoms with Crippen LogP contribution in [0, 0.1) is 0 Å². The number of rotatable bonds is 8. The number of nitrogens with zero attached hydrogens (tertiary/aromatic N) is 1. The number of likely N-dealkylation sites (tertiary alicyclic amines) is 1. The summed E-state index contributed by atoms with van der Waals surface area (Å²) >= 11 is 0. The molecule has 1 aliphatic rings. The minimum atomic E-state index is -0.796. The van der Waals surface area contributed by atoms with Crippen molar-refractivity contribution in [2.45, 2.75) is 51.0 Å². The van der Waals surface area contributed by atoms with E-state index in [0.717, 1.165) is 32.2 Å². The summed E-state index contributed by atoms with van der Waals surface area (Å²) in [6, 6.07) is 0.182. The Bertz CT molecular complexity index is 296. The maximum Gasteiger partial charge on any atom is 0.317 e. The predicted molar refractivity (Wildman–Crippen MR) is 70.9 cm³/mol. The van der Waals surface area contributed by atoms with Crippen molar-refractivity contribution in [2.24, 2.45) is 0 Å². The molecule has 3 N–H and O–H groups in total. The van der Waals surface area contributed by atoms with Crippen LogP contribution in [0.2, 0.25) is 0 Å². The maximum atomic E-state index is 12.0. The number of hydrogen-bond donors (Lipinski definition) is 3. The fraction of sp³-hybridized carbons (Fsp3) is 0.846. The normalized spacial score (nSPS) is 18.6. The molecular formula is C13H24N2O4. The van der Waals surface area contributed by atoms with Gasteiger partial charge in [0.2, 0.25) is 0 Å². The smallest absolute Gasteiger partial charge is 0.317 e. The van der Waals surface area contributed by atoms with E-state index >= 15 is 0 Å². The molecule has 1 rings (SSSR count). The lowest BCUT2D eigenvalue weighted by atomic mass is 10.1. The van der Waals surface area contributed by atoms with Crippen molar-refractivity contribution < 1.29 is 19.8 Å². The van der Waals surface area contributed by atoms with Gasteiger partial charge in [0, 0.05) is 32.2 Å². The van der Waals surface area contributed by atoms with Crippen LogP contribution in [0.3, 0.4) is 0 Å². The molecule has 110 valence electrons. The van der Waals surface area contributed by atoms with Crippen molar-refractivity contribution in [3.8, 4) is 0 Å². The number of aliphatic hydroxyl groups is 1. The Labute approximate surface area is 113 Å². The van der Waals surface area contributed by atoms with Gasteiger partial charge in [0.15, 0.2) is 0 Å². The highest BCUT2D eigenvalue weighted by atomic mass is 16.4. The number of aliphatic carboxylic acids is 1. The number of unbranched alkanes of at least 4 members (excludes halogenated alkanes) is 1. The molecule has 0 radical (unpaired) electrons. The van der Waals surface area contributed by atoms with Crippen LogP contribution in [-0.4, -0.2) is 52.9 Å². The van der Waals surface area contributed by atoms with Crippen molar-refractivity contribution in [1.29, 1.82) is 0 Å². The first-order valence-electron chi connectivity index (χ1n) is 7.02. The second kappa shape index (κ2) is 8.74. The molecule has 2 amide bonds. The van der Waals surface area contributed by atoms with Crippen LogP contribution in [-0.2, 0) is 4.79 Å². The van der Waals surface area contributed by atoms with E-state index in [1.807, 2.05) is 4.90 Å². The zero-order chi connectivity index (χ0) is 14.1. The van der Waals surface area contributed by atoms with Crippen LogP contribution >= 0.6 is 0 Å². The van der Waals surface area contributed by atoms with Gasteiger partial charge in [-0.2, -0.15) is 0 Å². The highest BCUT2D eigenvalue weighted by Gasteiger charge is 2.27. The van der Waals surface area contributed by atoms with Gasteiger partial charge >= 0.3 is 12.0 Å². The third kappa shape index (κ3) is 5.92. The quantitative estimate of drug-likeness (QED) is 0.579. The molecule has 1 atom stereocenters. The minimum absolute atomic E-state index is 0.0595. The molecule has 0 aromatic heterocycles. The van der Waals surface area contributed by atoms with Gasteiger partial charge in [0.1, 0.15) is 0 Å². The Hall–Kier alpha value is -1.30. The summed E-state index contributed by atoms with van der Waals surface area (Å²) in [5.74, 6) is -0.796. The Kier molecular flexibility index (Phi) is 7.25. The Morgan fingerprint density at radius 2 is 2.05 bits per heavy atom. The maximum absolute atomic E-state index is 12.0. The zero-order valence-corrected chi connectivity index (χ0v) is 11.3. The number of carbonyl (C=O) groups is 2. The molecular weight excluding hydrogens is 248 g/mol. The van der Waals surface area contributed by atoms with Crippen LogP contribution in [0.25, 0.3) is 0 Å². The van der Waals surface area contributed by atoms with Gasteiger partial charge in [-0.05, 0) is 38.5 Å². The molecule has 1 saturated heterocycles. The van der Waals surface area contributed by atoms with E-state index in [4.69, 9.17) is 10.2 Å². The first-order valence-corrected chi connectivity index (χ1v) is 7.02. The first-order chi connectivity index (χ1) is 9.15. The van der Waals surface area contributed by atoms with Crippen molar-refractivity contribution in [1.82, 2.24) is 10.2 Å². The Morgan fingerprint density at radius 3 is 2.74 bits per heavy atom. The number of urea groups is 1. The molecule has 1 unspecified atom stereocenters. The van der Waals surface area contributed by atoms with Crippen molar-refractivity contribution in [3.63, 3.8) is 0 Å². The van der Waals surface area contributed by atoms with E-state index in [2.05, 4.69) is 5.32 Å². The molecule has 0 aromatic rings. The summed E-state index contributed by atoms with van der Waals surface area (Å²) < 4.78 is 0. The van der Waals surface area contributed by atoms with E-state index in [-0.39, 0.29) is 25.1 Å². The van der Waals surface area contributed by atoms with Crippen LogP contribution in [0.1, 0.15) is 44.9 Å². The van der Waals surface area contributed by atoms with Gasteiger partial charge < -0.3 is 20.4 Å². The number of carbonyl (C=O) groups excluding carboxylic acids is 1. The molecule has 0 spiro atoms. The number of hydrogen-bond acceptors (Lipinski definition) is 3. The van der Waals surface area contributed by atoms with Crippen molar-refractivity contribution >= 4 is 12.0 Å². The zero-order valence-electron chi connectivity index (χ0n) is 11.3. The molecule has 0 saturated carbocycles. The second-order valence-electron chi connectivity index (χ2n) is 4.94. The van der Waals surface area contributed by atoms with E-state index in [1.165, 1.54) is 0 Å². The van der Waals surface area contributed by atoms with Gasteiger partial charge in [-0.1, -0.05) is 0 Å². The van der Waals surface area contributed by atoms with E-state index in [0.29, 0.717) is 19.4 Å². The lowest BCUT2D eigenvalue weighted by Gasteiger charge is -2.24. The fourth-order valence-corrected chi connectivity index (χ4v) is 2.43. The summed E-state index contributed by atoms with van der Waals surface area (Å²) in [7, 11) is 0. The number of aliphatic hydroxyl groups excluding tert-OH is 1. The summed E-state index contributed by atoms with van der Waals surface area (Å²) in [6.07, 6.45) is 5.03. The van der Waals surface area contributed by atoms with Crippen LogP contribution in [0.5, 0.6) is 0 Å². The average molecular weight is 272 g/mol. The topological polar surface area (TPSA) is 89.9 Å². The third-order valence-electron chi connectivity index (χ3n) is 3.43. The minimum Gasteiger partial charge on any atom is -0.481 e. The largest absolute Gasteiger partial charge is 0.481 e. The van der Waals surface area contributed by atoms with Crippen molar-refractivity contribution in [3.05, 3.63) is 0 Å². The van der Waals surface area contributed by atoms with Crippen LogP contribution in [0.15, 0.2) is 0 Å². The molecule has 6 nitrogen and oxygen atoms in total. The number of amides is 2. The van der Waals surface area contributed by atoms with Gasteiger partial charge in [-0.3, -0.25) is 4.79 Å². The van der Waals surface area contributed by atoms with E-state index in [9.17, 15) is 9.59 Å². The van der Waals surface area contributed by atoms with Gasteiger partial charge in [0.05, 0.1) is 0 Å². The van der Waals surface area contributed by atoms with E-state index in [1.54, 1.807) is 0 Å². The third-order valence-corrected chi connectivity index (χ3v) is 3.43. The molecule has 19 heavy (non-hydrogen) atoms.